The molecule has 1 aromatic carbocycles. The minimum atomic E-state index is 0. The van der Waals surface area contributed by atoms with Gasteiger partial charge in [0.05, 0.1) is 13.1 Å². The zero-order valence-electron chi connectivity index (χ0n) is 14.5. The van der Waals surface area contributed by atoms with Gasteiger partial charge in [-0.05, 0) is 43.2 Å². The fourth-order valence-corrected chi connectivity index (χ4v) is 3.33. The molecule has 0 saturated carbocycles. The van der Waals surface area contributed by atoms with Crippen LogP contribution in [0.3, 0.4) is 0 Å². The van der Waals surface area contributed by atoms with Crippen molar-refractivity contribution in [3.8, 4) is 11.5 Å². The second-order valence-electron chi connectivity index (χ2n) is 5.46. The Morgan fingerprint density at radius 3 is 2.64 bits per heavy atom. The van der Waals surface area contributed by atoms with Gasteiger partial charge in [-0.25, -0.2) is 4.99 Å². The van der Waals surface area contributed by atoms with Crippen molar-refractivity contribution < 1.29 is 9.47 Å². The van der Waals surface area contributed by atoms with Crippen LogP contribution < -0.4 is 20.1 Å². The molecule has 3 rings (SSSR count). The van der Waals surface area contributed by atoms with Gasteiger partial charge >= 0.3 is 0 Å². The first-order valence-corrected chi connectivity index (χ1v) is 9.08. The molecule has 0 fully saturated rings. The number of hydrogen-bond donors (Lipinski definition) is 2. The third kappa shape index (κ3) is 5.50. The van der Waals surface area contributed by atoms with Crippen molar-refractivity contribution in [2.45, 2.75) is 33.4 Å². The predicted octanol–water partition coefficient (Wildman–Crippen LogP) is 3.91. The van der Waals surface area contributed by atoms with Crippen LogP contribution in [-0.4, -0.2) is 19.3 Å². The Bertz CT molecular complexity index is 718. The Morgan fingerprint density at radius 2 is 1.88 bits per heavy atom. The summed E-state index contributed by atoms with van der Waals surface area (Å²) < 4.78 is 10.7. The summed E-state index contributed by atoms with van der Waals surface area (Å²) in [6.07, 6.45) is 1.09. The van der Waals surface area contributed by atoms with E-state index >= 15 is 0 Å². The molecule has 136 valence electrons. The van der Waals surface area contributed by atoms with Crippen molar-refractivity contribution in [2.75, 3.05) is 13.3 Å². The number of ether oxygens (including phenoxy) is 2. The number of nitrogens with zero attached hydrogens (tertiary/aromatic N) is 1. The van der Waals surface area contributed by atoms with E-state index in [1.807, 2.05) is 29.5 Å². The lowest BCUT2D eigenvalue weighted by Crippen LogP contribution is -2.36. The number of nitrogens with one attached hydrogen (secondary N) is 2. The second-order valence-corrected chi connectivity index (χ2v) is 6.71. The summed E-state index contributed by atoms with van der Waals surface area (Å²) in [6, 6.07) is 10.3. The summed E-state index contributed by atoms with van der Waals surface area (Å²) in [6.45, 7) is 6.76. The van der Waals surface area contributed by atoms with Gasteiger partial charge in [-0.1, -0.05) is 13.0 Å². The molecule has 1 aliphatic rings. The van der Waals surface area contributed by atoms with Crippen LogP contribution in [0.25, 0.3) is 0 Å². The quantitative estimate of drug-likeness (QED) is 0.380. The molecule has 0 spiro atoms. The van der Waals surface area contributed by atoms with Crippen LogP contribution in [0.5, 0.6) is 11.5 Å². The Kier molecular flexibility index (Phi) is 7.83. The third-order valence-corrected chi connectivity index (χ3v) is 4.93. The van der Waals surface area contributed by atoms with Crippen molar-refractivity contribution in [1.82, 2.24) is 10.6 Å². The molecule has 1 aromatic heterocycles. The minimum Gasteiger partial charge on any atom is -0.454 e. The van der Waals surface area contributed by atoms with Gasteiger partial charge in [-0.2, -0.15) is 0 Å². The van der Waals surface area contributed by atoms with E-state index < -0.39 is 0 Å². The normalized spacial score (nSPS) is 12.6. The van der Waals surface area contributed by atoms with Crippen molar-refractivity contribution in [3.63, 3.8) is 0 Å². The maximum Gasteiger partial charge on any atom is 0.231 e. The van der Waals surface area contributed by atoms with Gasteiger partial charge in [0.25, 0.3) is 0 Å². The van der Waals surface area contributed by atoms with E-state index in [1.165, 1.54) is 9.75 Å². The second kappa shape index (κ2) is 9.86. The lowest BCUT2D eigenvalue weighted by Gasteiger charge is -2.10. The number of guanidine groups is 1. The van der Waals surface area contributed by atoms with Crippen LogP contribution in [0.15, 0.2) is 35.3 Å². The smallest absolute Gasteiger partial charge is 0.231 e. The highest BCUT2D eigenvalue weighted by Crippen LogP contribution is 2.32. The van der Waals surface area contributed by atoms with Crippen LogP contribution >= 0.6 is 35.3 Å². The molecule has 0 aliphatic carbocycles. The number of aryl methyl sites for hydroxylation is 1. The minimum absolute atomic E-state index is 0. The summed E-state index contributed by atoms with van der Waals surface area (Å²) in [4.78, 5) is 7.39. The molecule has 0 saturated heterocycles. The van der Waals surface area contributed by atoms with Crippen LogP contribution in [0, 0.1) is 0 Å². The molecule has 2 aromatic rings. The van der Waals surface area contributed by atoms with Crippen molar-refractivity contribution in [2.24, 2.45) is 4.99 Å². The number of thiophene rings is 1. The van der Waals surface area contributed by atoms with Gasteiger partial charge < -0.3 is 20.1 Å². The van der Waals surface area contributed by atoms with E-state index in [-0.39, 0.29) is 24.0 Å². The lowest BCUT2D eigenvalue weighted by atomic mass is 10.2. The molecule has 0 radical (unpaired) electrons. The van der Waals surface area contributed by atoms with Crippen LogP contribution in [0.2, 0.25) is 0 Å². The van der Waals surface area contributed by atoms with E-state index in [0.717, 1.165) is 42.5 Å². The Hall–Kier alpha value is -1.48. The van der Waals surface area contributed by atoms with Crippen molar-refractivity contribution in [1.29, 1.82) is 0 Å². The van der Waals surface area contributed by atoms with Crippen LogP contribution in [0.1, 0.15) is 29.2 Å². The third-order valence-electron chi connectivity index (χ3n) is 3.70. The zero-order chi connectivity index (χ0) is 16.8. The largest absolute Gasteiger partial charge is 0.454 e. The molecule has 0 bridgehead atoms. The Morgan fingerprint density at radius 1 is 1.08 bits per heavy atom. The number of fused-ring (bicyclic) bond motifs is 1. The summed E-state index contributed by atoms with van der Waals surface area (Å²) in [5.74, 6) is 2.42. The first kappa shape index (κ1) is 19.8. The molecule has 5 nitrogen and oxygen atoms in total. The molecule has 1 aliphatic heterocycles. The van der Waals surface area contributed by atoms with Crippen molar-refractivity contribution in [3.05, 3.63) is 45.6 Å². The van der Waals surface area contributed by atoms with E-state index in [0.29, 0.717) is 13.3 Å². The maximum atomic E-state index is 5.41. The molecule has 2 N–H and O–H groups in total. The maximum absolute atomic E-state index is 5.41. The Labute approximate surface area is 169 Å². The molecule has 0 amide bonds. The highest BCUT2D eigenvalue weighted by atomic mass is 127. The monoisotopic (exact) mass is 473 g/mol. The first-order valence-electron chi connectivity index (χ1n) is 8.26. The van der Waals surface area contributed by atoms with Gasteiger partial charge in [-0.3, -0.25) is 0 Å². The number of halogens is 1. The molecule has 0 atom stereocenters. The van der Waals surface area contributed by atoms with E-state index in [9.17, 15) is 0 Å². The van der Waals surface area contributed by atoms with Gasteiger partial charge in [-0.15, -0.1) is 35.3 Å². The van der Waals surface area contributed by atoms with Crippen LogP contribution in [-0.2, 0) is 19.5 Å². The molecule has 0 unspecified atom stereocenters. The van der Waals surface area contributed by atoms with Gasteiger partial charge in [0.1, 0.15) is 0 Å². The van der Waals surface area contributed by atoms with Gasteiger partial charge in [0, 0.05) is 16.3 Å². The van der Waals surface area contributed by atoms with E-state index in [1.54, 1.807) is 0 Å². The average molecular weight is 473 g/mol. The summed E-state index contributed by atoms with van der Waals surface area (Å²) in [5, 5.41) is 6.67. The fourth-order valence-electron chi connectivity index (χ4n) is 2.43. The fraction of sp³-hybridized carbons (Fsp3) is 0.389. The zero-order valence-corrected chi connectivity index (χ0v) is 17.6. The number of benzene rings is 1. The van der Waals surface area contributed by atoms with Gasteiger partial charge in [0.2, 0.25) is 6.79 Å². The summed E-state index contributed by atoms with van der Waals surface area (Å²) >= 11 is 1.85. The average Bonchev–Trinajstić information content (AvgIpc) is 3.25. The van der Waals surface area contributed by atoms with Crippen LogP contribution in [0.4, 0.5) is 0 Å². The highest BCUT2D eigenvalue weighted by molar-refractivity contribution is 14.0. The highest BCUT2D eigenvalue weighted by Gasteiger charge is 2.13. The molecular formula is C18H24IN3O2S. The van der Waals surface area contributed by atoms with Crippen molar-refractivity contribution >= 4 is 41.3 Å². The predicted molar refractivity (Wildman–Crippen MR) is 113 cm³/mol. The van der Waals surface area contributed by atoms with E-state index in [4.69, 9.17) is 9.47 Å². The lowest BCUT2D eigenvalue weighted by molar-refractivity contribution is 0.174. The van der Waals surface area contributed by atoms with E-state index in [2.05, 4.69) is 41.6 Å². The molecule has 7 heteroatoms. The summed E-state index contributed by atoms with van der Waals surface area (Å²) in [5.41, 5.74) is 1.10. The number of rotatable bonds is 6. The van der Waals surface area contributed by atoms with Gasteiger partial charge in [0.15, 0.2) is 17.5 Å². The molecule has 25 heavy (non-hydrogen) atoms. The first-order chi connectivity index (χ1) is 11.8. The Balaban J connectivity index is 0.00000225. The standard InChI is InChI=1S/C18H23N3O2S.HI/c1-3-14-6-7-15(24-14)11-21-18(19-4-2)20-10-13-5-8-16-17(9-13)23-12-22-16;/h5-9H,3-4,10-12H2,1-2H3,(H2,19,20,21);1H. The summed E-state index contributed by atoms with van der Waals surface area (Å²) in [7, 11) is 0. The SMILES string of the molecule is CCNC(=NCc1ccc2c(c1)OCO2)NCc1ccc(CC)s1.I. The topological polar surface area (TPSA) is 54.9 Å². The molecular weight excluding hydrogens is 449 g/mol. The molecule has 2 heterocycles. The number of hydrogen-bond acceptors (Lipinski definition) is 4. The number of aliphatic imine (C=N–C) groups is 1.